The lowest BCUT2D eigenvalue weighted by molar-refractivity contribution is -0.303. The summed E-state index contributed by atoms with van der Waals surface area (Å²) in [6, 6.07) is -1.15. The zero-order valence-electron chi connectivity index (χ0n) is 14.7. The molecule has 1 rings (SSSR count). The molecule has 1 heterocycles. The van der Waals surface area contributed by atoms with E-state index < -0.39 is 74.2 Å². The molecule has 154 valence electrons. The molecule has 0 aromatic heterocycles. The number of hydrogen-bond acceptors (Lipinski definition) is 10. The first-order valence-corrected chi connectivity index (χ1v) is 8.40. The molecule has 1 amide bonds. The molecule has 26 heavy (non-hydrogen) atoms. The molecule has 9 atom stereocenters. The predicted octanol–water partition coefficient (Wildman–Crippen LogP) is -4.20. The molecule has 2 unspecified atom stereocenters. The maximum Gasteiger partial charge on any atom is 0.248 e. The number of aliphatic hydroxyl groups is 7. The average molecular weight is 383 g/mol. The van der Waals surface area contributed by atoms with Crippen LogP contribution in [0.25, 0.3) is 0 Å². The number of carbonyl (C=O) groups excluding carboxylic acids is 1. The summed E-state index contributed by atoms with van der Waals surface area (Å²) in [5, 5.41) is 70.0. The first-order valence-electron chi connectivity index (χ1n) is 8.40. The van der Waals surface area contributed by atoms with Crippen molar-refractivity contribution in [1.29, 1.82) is 0 Å². The number of aliphatic hydroxyl groups excluding tert-OH is 7. The van der Waals surface area contributed by atoms with Gasteiger partial charge < -0.3 is 50.5 Å². The zero-order chi connectivity index (χ0) is 20.0. The quantitative estimate of drug-likeness (QED) is 0.194. The maximum atomic E-state index is 11.7. The van der Waals surface area contributed by atoms with E-state index in [1.807, 2.05) is 0 Å². The zero-order valence-corrected chi connectivity index (χ0v) is 14.7. The normalized spacial score (nSPS) is 34.0. The Bertz CT molecular complexity index is 435. The van der Waals surface area contributed by atoms with Crippen LogP contribution in [0.1, 0.15) is 20.3 Å². The second-order valence-corrected chi connectivity index (χ2v) is 6.29. The lowest BCUT2D eigenvalue weighted by Gasteiger charge is -2.40. The van der Waals surface area contributed by atoms with Gasteiger partial charge in [-0.25, -0.2) is 0 Å². The average Bonchev–Trinajstić information content (AvgIpc) is 2.62. The van der Waals surface area contributed by atoms with Crippen LogP contribution >= 0.6 is 0 Å². The molecule has 1 saturated heterocycles. The van der Waals surface area contributed by atoms with Crippen LogP contribution in [0.5, 0.6) is 0 Å². The molecule has 0 aliphatic carbocycles. The fourth-order valence-electron chi connectivity index (χ4n) is 2.44. The van der Waals surface area contributed by atoms with Gasteiger partial charge >= 0.3 is 0 Å². The summed E-state index contributed by atoms with van der Waals surface area (Å²) in [7, 11) is 0. The van der Waals surface area contributed by atoms with Gasteiger partial charge in [0.15, 0.2) is 6.29 Å². The van der Waals surface area contributed by atoms with Crippen LogP contribution in [0.2, 0.25) is 0 Å². The molecule has 0 aromatic carbocycles. The molecule has 0 spiro atoms. The summed E-state index contributed by atoms with van der Waals surface area (Å²) in [6.07, 6.45) is -11.3. The lowest BCUT2D eigenvalue weighted by atomic mass is 9.99. The van der Waals surface area contributed by atoms with E-state index in [4.69, 9.17) is 14.6 Å². The summed E-state index contributed by atoms with van der Waals surface area (Å²) in [5.41, 5.74) is 0. The second kappa shape index (κ2) is 10.4. The minimum atomic E-state index is -1.64. The van der Waals surface area contributed by atoms with E-state index in [9.17, 15) is 35.4 Å². The van der Waals surface area contributed by atoms with E-state index >= 15 is 0 Å². The van der Waals surface area contributed by atoms with Crippen LogP contribution in [-0.4, -0.2) is 110 Å². The van der Waals surface area contributed by atoms with Crippen molar-refractivity contribution in [2.45, 2.75) is 75.3 Å². The highest BCUT2D eigenvalue weighted by Gasteiger charge is 2.44. The van der Waals surface area contributed by atoms with Gasteiger partial charge in [0.05, 0.1) is 25.4 Å². The van der Waals surface area contributed by atoms with Gasteiger partial charge in [-0.05, 0) is 13.3 Å². The molecule has 0 bridgehead atoms. The number of ether oxygens (including phenoxy) is 2. The summed E-state index contributed by atoms with van der Waals surface area (Å²) >= 11 is 0. The highest BCUT2D eigenvalue weighted by molar-refractivity contribution is 5.80. The molecular weight excluding hydrogens is 354 g/mol. The van der Waals surface area contributed by atoms with E-state index in [0.717, 1.165) is 0 Å². The van der Waals surface area contributed by atoms with Crippen molar-refractivity contribution in [3.63, 3.8) is 0 Å². The first kappa shape index (κ1) is 23.1. The molecule has 0 aromatic rings. The molecule has 8 N–H and O–H groups in total. The van der Waals surface area contributed by atoms with Gasteiger partial charge in [-0.3, -0.25) is 4.79 Å². The van der Waals surface area contributed by atoms with Crippen LogP contribution in [0, 0.1) is 0 Å². The number of hydrogen-bond donors (Lipinski definition) is 8. The Labute approximate surface area is 150 Å². The topological polar surface area (TPSA) is 189 Å². The van der Waals surface area contributed by atoms with E-state index in [0.29, 0.717) is 0 Å². The third kappa shape index (κ3) is 5.81. The van der Waals surface area contributed by atoms with Gasteiger partial charge in [0.2, 0.25) is 5.91 Å². The fraction of sp³-hybridized carbons (Fsp3) is 0.933. The van der Waals surface area contributed by atoms with Gasteiger partial charge in [0, 0.05) is 0 Å². The second-order valence-electron chi connectivity index (χ2n) is 6.29. The highest BCUT2D eigenvalue weighted by atomic mass is 16.7. The Morgan fingerprint density at radius 1 is 1.15 bits per heavy atom. The molecule has 0 saturated carbocycles. The SMILES string of the molecule is CC[C@@H](O)[C@@H](O)[C@H](CO[C@H]1OC(CO)[C@H](O)[C@@H](O)C1O)NC(=O)[C@H](C)O. The van der Waals surface area contributed by atoms with Crippen LogP contribution < -0.4 is 5.32 Å². The third-order valence-electron chi connectivity index (χ3n) is 4.22. The summed E-state index contributed by atoms with van der Waals surface area (Å²) in [5.74, 6) is -0.810. The van der Waals surface area contributed by atoms with Gasteiger partial charge in [-0.15, -0.1) is 0 Å². The van der Waals surface area contributed by atoms with Crippen molar-refractivity contribution in [1.82, 2.24) is 5.32 Å². The highest BCUT2D eigenvalue weighted by Crippen LogP contribution is 2.22. The predicted molar refractivity (Wildman–Crippen MR) is 85.6 cm³/mol. The Kier molecular flexibility index (Phi) is 9.30. The smallest absolute Gasteiger partial charge is 0.248 e. The van der Waals surface area contributed by atoms with E-state index in [2.05, 4.69) is 5.32 Å². The van der Waals surface area contributed by atoms with Crippen molar-refractivity contribution in [2.75, 3.05) is 13.2 Å². The van der Waals surface area contributed by atoms with E-state index in [1.165, 1.54) is 6.92 Å². The van der Waals surface area contributed by atoms with E-state index in [1.54, 1.807) is 6.92 Å². The minimum Gasteiger partial charge on any atom is -0.394 e. The third-order valence-corrected chi connectivity index (χ3v) is 4.22. The summed E-state index contributed by atoms with van der Waals surface area (Å²) in [6.45, 7) is 1.75. The fourth-order valence-corrected chi connectivity index (χ4v) is 2.44. The largest absolute Gasteiger partial charge is 0.394 e. The lowest BCUT2D eigenvalue weighted by Crippen LogP contribution is -2.60. The monoisotopic (exact) mass is 383 g/mol. The molecule has 11 heteroatoms. The van der Waals surface area contributed by atoms with Gasteiger partial charge in [0.25, 0.3) is 0 Å². The van der Waals surface area contributed by atoms with Crippen molar-refractivity contribution >= 4 is 5.91 Å². The standard InChI is InChI=1S/C15H29NO10/c1-3-8(19)10(20)7(16-14(24)6(2)18)5-25-15-13(23)12(22)11(21)9(4-17)26-15/h6-13,15,17-23H,3-5H2,1-2H3,(H,16,24)/t6-,7-,8+,9?,10-,11-,12+,13?,15-/m0/s1. The Morgan fingerprint density at radius 3 is 2.27 bits per heavy atom. The molecular formula is C15H29NO10. The molecule has 1 aliphatic rings. The van der Waals surface area contributed by atoms with Crippen molar-refractivity contribution in [2.24, 2.45) is 0 Å². The van der Waals surface area contributed by atoms with Crippen molar-refractivity contribution < 1.29 is 50.0 Å². The molecule has 1 fully saturated rings. The van der Waals surface area contributed by atoms with Crippen LogP contribution in [-0.2, 0) is 14.3 Å². The maximum absolute atomic E-state index is 11.7. The van der Waals surface area contributed by atoms with Gasteiger partial charge in [-0.2, -0.15) is 0 Å². The Balaban J connectivity index is 2.79. The molecule has 1 aliphatic heterocycles. The Morgan fingerprint density at radius 2 is 1.77 bits per heavy atom. The van der Waals surface area contributed by atoms with Gasteiger partial charge in [-0.1, -0.05) is 6.92 Å². The van der Waals surface area contributed by atoms with Crippen molar-refractivity contribution in [3.05, 3.63) is 0 Å². The van der Waals surface area contributed by atoms with E-state index in [-0.39, 0.29) is 6.42 Å². The summed E-state index contributed by atoms with van der Waals surface area (Å²) < 4.78 is 10.4. The van der Waals surface area contributed by atoms with Crippen molar-refractivity contribution in [3.8, 4) is 0 Å². The van der Waals surface area contributed by atoms with Crippen LogP contribution in [0.15, 0.2) is 0 Å². The van der Waals surface area contributed by atoms with Gasteiger partial charge in [0.1, 0.15) is 36.6 Å². The molecule has 11 nitrogen and oxygen atoms in total. The van der Waals surface area contributed by atoms with Crippen LogP contribution in [0.4, 0.5) is 0 Å². The number of nitrogens with one attached hydrogen (secondary N) is 1. The number of amides is 1. The number of rotatable bonds is 9. The summed E-state index contributed by atoms with van der Waals surface area (Å²) in [4.78, 5) is 11.7. The Hall–Kier alpha value is -0.890. The molecule has 0 radical (unpaired) electrons. The number of carbonyl (C=O) groups is 1. The first-order chi connectivity index (χ1) is 12.1. The van der Waals surface area contributed by atoms with Crippen LogP contribution in [0.3, 0.4) is 0 Å². The minimum absolute atomic E-state index is 0.183.